The molecule has 1 aromatic heterocycles. The molecule has 0 aromatic carbocycles. The van der Waals surface area contributed by atoms with E-state index in [2.05, 4.69) is 20.0 Å². The van der Waals surface area contributed by atoms with Crippen molar-refractivity contribution in [1.29, 1.82) is 0 Å². The number of carbonyl (C=O) groups is 1. The monoisotopic (exact) mass is 200 g/mol. The summed E-state index contributed by atoms with van der Waals surface area (Å²) in [6.07, 6.45) is 0. The molecule has 7 heteroatoms. The summed E-state index contributed by atoms with van der Waals surface area (Å²) in [5.41, 5.74) is 5.17. The van der Waals surface area contributed by atoms with Crippen molar-refractivity contribution >= 4 is 11.9 Å². The Labute approximate surface area is 80.6 Å². The van der Waals surface area contributed by atoms with Crippen molar-refractivity contribution in [3.05, 3.63) is 5.82 Å². The first-order valence-corrected chi connectivity index (χ1v) is 4.10. The van der Waals surface area contributed by atoms with Crippen LogP contribution in [-0.2, 0) is 9.53 Å². The van der Waals surface area contributed by atoms with Gasteiger partial charge in [0.05, 0.1) is 6.61 Å². The summed E-state index contributed by atoms with van der Waals surface area (Å²) in [7, 11) is 0. The second kappa shape index (κ2) is 5.30. The van der Waals surface area contributed by atoms with Gasteiger partial charge in [0.15, 0.2) is 5.82 Å². The van der Waals surface area contributed by atoms with Crippen LogP contribution in [0.3, 0.4) is 0 Å². The second-order valence-corrected chi connectivity index (χ2v) is 2.54. The smallest absolute Gasteiger partial charge is 0.328 e. The van der Waals surface area contributed by atoms with Gasteiger partial charge in [-0.3, -0.25) is 10.1 Å². The largest absolute Gasteiger partial charge is 0.370 e. The number of aromatic nitrogens is 2. The number of anilines is 1. The summed E-state index contributed by atoms with van der Waals surface area (Å²) in [6, 6.07) is 0.0730. The van der Waals surface area contributed by atoms with Crippen molar-refractivity contribution in [2.75, 3.05) is 25.1 Å². The van der Waals surface area contributed by atoms with Crippen LogP contribution in [0.4, 0.5) is 6.01 Å². The molecule has 0 radical (unpaired) electrons. The Morgan fingerprint density at radius 3 is 3.07 bits per heavy atom. The van der Waals surface area contributed by atoms with Gasteiger partial charge >= 0.3 is 6.01 Å². The molecule has 0 aliphatic carbocycles. The van der Waals surface area contributed by atoms with Crippen LogP contribution in [0.5, 0.6) is 0 Å². The maximum atomic E-state index is 11.1. The highest BCUT2D eigenvalue weighted by molar-refractivity contribution is 5.89. The number of carbonyl (C=O) groups excluding carboxylic acids is 1. The molecule has 0 saturated carbocycles. The molecule has 14 heavy (non-hydrogen) atoms. The topological polar surface area (TPSA) is 103 Å². The van der Waals surface area contributed by atoms with Crippen LogP contribution in [0.25, 0.3) is 0 Å². The van der Waals surface area contributed by atoms with Gasteiger partial charge < -0.3 is 15.0 Å². The van der Waals surface area contributed by atoms with E-state index >= 15 is 0 Å². The first-order chi connectivity index (χ1) is 6.72. The minimum atomic E-state index is -0.345. The van der Waals surface area contributed by atoms with Gasteiger partial charge in [0.25, 0.3) is 5.91 Å². The first-order valence-electron chi connectivity index (χ1n) is 4.10. The van der Waals surface area contributed by atoms with Crippen molar-refractivity contribution in [3.8, 4) is 0 Å². The molecule has 1 aromatic rings. The highest BCUT2D eigenvalue weighted by Gasteiger charge is 2.07. The molecule has 3 N–H and O–H groups in total. The lowest BCUT2D eigenvalue weighted by atomic mass is 10.6. The van der Waals surface area contributed by atoms with Gasteiger partial charge in [-0.25, -0.2) is 0 Å². The van der Waals surface area contributed by atoms with E-state index in [4.69, 9.17) is 10.5 Å². The fourth-order valence-corrected chi connectivity index (χ4v) is 0.751. The van der Waals surface area contributed by atoms with E-state index < -0.39 is 0 Å². The molecular formula is C7H12N4O3. The van der Waals surface area contributed by atoms with Crippen molar-refractivity contribution in [3.63, 3.8) is 0 Å². The fourth-order valence-electron chi connectivity index (χ4n) is 0.751. The van der Waals surface area contributed by atoms with Crippen LogP contribution in [0, 0.1) is 6.92 Å². The number of nitrogens with zero attached hydrogens (tertiary/aromatic N) is 2. The number of amides is 1. The zero-order valence-corrected chi connectivity index (χ0v) is 7.82. The van der Waals surface area contributed by atoms with Gasteiger partial charge in [0, 0.05) is 6.54 Å². The Kier molecular flexibility index (Phi) is 4.02. The van der Waals surface area contributed by atoms with E-state index in [1.54, 1.807) is 6.92 Å². The van der Waals surface area contributed by atoms with Crippen LogP contribution in [0.15, 0.2) is 4.52 Å². The number of nitrogens with two attached hydrogens (primary N) is 1. The zero-order chi connectivity index (χ0) is 10.4. The van der Waals surface area contributed by atoms with Crippen LogP contribution in [0.2, 0.25) is 0 Å². The molecule has 0 fully saturated rings. The van der Waals surface area contributed by atoms with Crippen LogP contribution < -0.4 is 11.1 Å². The molecule has 78 valence electrons. The summed E-state index contributed by atoms with van der Waals surface area (Å²) in [6.45, 7) is 2.31. The summed E-state index contributed by atoms with van der Waals surface area (Å²) >= 11 is 0. The summed E-state index contributed by atoms with van der Waals surface area (Å²) in [4.78, 5) is 14.9. The molecule has 0 saturated heterocycles. The molecule has 0 unspecified atom stereocenters. The number of ether oxygens (including phenoxy) is 1. The number of aryl methyl sites for hydroxylation is 1. The minimum Gasteiger partial charge on any atom is -0.370 e. The quantitative estimate of drug-likeness (QED) is 0.608. The van der Waals surface area contributed by atoms with E-state index in [1.165, 1.54) is 0 Å². The van der Waals surface area contributed by atoms with E-state index in [0.717, 1.165) is 0 Å². The van der Waals surface area contributed by atoms with Crippen molar-refractivity contribution in [2.45, 2.75) is 6.92 Å². The van der Waals surface area contributed by atoms with Crippen LogP contribution in [0.1, 0.15) is 5.82 Å². The zero-order valence-electron chi connectivity index (χ0n) is 7.82. The van der Waals surface area contributed by atoms with Gasteiger partial charge in [-0.15, -0.1) is 0 Å². The van der Waals surface area contributed by atoms with E-state index in [9.17, 15) is 4.79 Å². The molecule has 1 rings (SSSR count). The number of hydrogen-bond donors (Lipinski definition) is 2. The minimum absolute atomic E-state index is 0.0708. The molecule has 0 aliphatic heterocycles. The summed E-state index contributed by atoms with van der Waals surface area (Å²) in [5.74, 6) is 0.116. The highest BCUT2D eigenvalue weighted by Crippen LogP contribution is 2.01. The lowest BCUT2D eigenvalue weighted by Crippen LogP contribution is -2.20. The molecular weight excluding hydrogens is 188 g/mol. The molecule has 0 aliphatic rings. The predicted octanol–water partition coefficient (Wildman–Crippen LogP) is -0.708. The van der Waals surface area contributed by atoms with E-state index in [0.29, 0.717) is 19.0 Å². The van der Waals surface area contributed by atoms with Gasteiger partial charge in [0.2, 0.25) is 0 Å². The van der Waals surface area contributed by atoms with E-state index in [1.807, 2.05) is 0 Å². The SMILES string of the molecule is Cc1noc(NC(=O)COCCN)n1. The molecule has 1 heterocycles. The average molecular weight is 200 g/mol. The number of nitrogens with one attached hydrogen (secondary N) is 1. The predicted molar refractivity (Wildman–Crippen MR) is 47.5 cm³/mol. The second-order valence-electron chi connectivity index (χ2n) is 2.54. The summed E-state index contributed by atoms with van der Waals surface area (Å²) in [5, 5.41) is 5.88. The maximum absolute atomic E-state index is 11.1. The maximum Gasteiger partial charge on any atom is 0.328 e. The van der Waals surface area contributed by atoms with Crippen molar-refractivity contribution in [1.82, 2.24) is 10.1 Å². The Morgan fingerprint density at radius 1 is 1.71 bits per heavy atom. The molecule has 0 atom stereocenters. The Bertz CT molecular complexity index is 299. The first kappa shape index (κ1) is 10.6. The lowest BCUT2D eigenvalue weighted by molar-refractivity contribution is -0.120. The van der Waals surface area contributed by atoms with Crippen LogP contribution >= 0.6 is 0 Å². The normalized spacial score (nSPS) is 10.1. The average Bonchev–Trinajstić information content (AvgIpc) is 2.52. The number of rotatable bonds is 5. The standard InChI is InChI=1S/C7H12N4O3/c1-5-9-7(14-11-5)10-6(12)4-13-3-2-8/h2-4,8H2,1H3,(H,9,10,11,12). The third-order valence-electron chi connectivity index (χ3n) is 1.27. The Morgan fingerprint density at radius 2 is 2.50 bits per heavy atom. The highest BCUT2D eigenvalue weighted by atomic mass is 16.5. The molecule has 7 nitrogen and oxygen atoms in total. The van der Waals surface area contributed by atoms with Gasteiger partial charge in [-0.05, 0) is 6.92 Å². The van der Waals surface area contributed by atoms with Crippen molar-refractivity contribution < 1.29 is 14.1 Å². The number of hydrogen-bond acceptors (Lipinski definition) is 6. The van der Waals surface area contributed by atoms with Gasteiger partial charge in [0.1, 0.15) is 6.61 Å². The molecule has 0 bridgehead atoms. The lowest BCUT2D eigenvalue weighted by Gasteiger charge is -2.00. The van der Waals surface area contributed by atoms with Gasteiger partial charge in [-0.2, -0.15) is 4.98 Å². The summed E-state index contributed by atoms with van der Waals surface area (Å²) < 4.78 is 9.56. The Hall–Kier alpha value is -1.47. The third-order valence-corrected chi connectivity index (χ3v) is 1.27. The van der Waals surface area contributed by atoms with Crippen molar-refractivity contribution in [2.24, 2.45) is 5.73 Å². The third kappa shape index (κ3) is 3.50. The molecule has 0 spiro atoms. The molecule has 1 amide bonds. The van der Waals surface area contributed by atoms with Crippen LogP contribution in [-0.4, -0.2) is 35.8 Å². The van der Waals surface area contributed by atoms with Gasteiger partial charge in [-0.1, -0.05) is 5.16 Å². The Balaban J connectivity index is 2.27. The van der Waals surface area contributed by atoms with E-state index in [-0.39, 0.29) is 18.5 Å². The fraction of sp³-hybridized carbons (Fsp3) is 0.571.